The van der Waals surface area contributed by atoms with Crippen LogP contribution in [0.25, 0.3) is 0 Å². The highest BCUT2D eigenvalue weighted by atomic mass is 16.3. The first-order valence-electron chi connectivity index (χ1n) is 10.0. The largest absolute Gasteiger partial charge is 0.388 e. The van der Waals surface area contributed by atoms with Crippen molar-refractivity contribution < 1.29 is 9.90 Å². The number of aliphatic hydroxyl groups is 1. The number of fused-ring (bicyclic) bond motifs is 1. The van der Waals surface area contributed by atoms with Gasteiger partial charge in [0.15, 0.2) is 0 Å². The summed E-state index contributed by atoms with van der Waals surface area (Å²) >= 11 is 0. The molecule has 26 heavy (non-hydrogen) atoms. The molecule has 1 amide bonds. The molecular formula is C21H33N3O2. The van der Waals surface area contributed by atoms with Crippen LogP contribution in [-0.4, -0.2) is 66.6 Å². The fraction of sp³-hybridized carbons (Fsp3) is 0.667. The van der Waals surface area contributed by atoms with Gasteiger partial charge in [0.2, 0.25) is 0 Å². The Hall–Kier alpha value is -1.59. The number of piperazine rings is 1. The van der Waals surface area contributed by atoms with E-state index in [2.05, 4.69) is 30.7 Å². The van der Waals surface area contributed by atoms with Crippen LogP contribution in [-0.2, 0) is 0 Å². The molecule has 2 heterocycles. The van der Waals surface area contributed by atoms with Crippen molar-refractivity contribution in [3.63, 3.8) is 0 Å². The molecule has 0 bridgehead atoms. The van der Waals surface area contributed by atoms with Gasteiger partial charge in [-0.15, -0.1) is 0 Å². The molecule has 0 saturated carbocycles. The molecule has 2 aliphatic heterocycles. The van der Waals surface area contributed by atoms with Gasteiger partial charge < -0.3 is 14.9 Å². The summed E-state index contributed by atoms with van der Waals surface area (Å²) in [6.07, 6.45) is 3.59. The van der Waals surface area contributed by atoms with Gasteiger partial charge in [-0.2, -0.15) is 0 Å². The molecule has 1 atom stereocenters. The lowest BCUT2D eigenvalue weighted by Crippen LogP contribution is -2.50. The van der Waals surface area contributed by atoms with Crippen LogP contribution in [0.5, 0.6) is 0 Å². The van der Waals surface area contributed by atoms with Crippen LogP contribution in [0.4, 0.5) is 5.69 Å². The summed E-state index contributed by atoms with van der Waals surface area (Å²) in [7, 11) is 2.07. The van der Waals surface area contributed by atoms with E-state index in [1.807, 2.05) is 23.1 Å². The van der Waals surface area contributed by atoms with Crippen molar-refractivity contribution in [2.45, 2.75) is 51.7 Å². The Morgan fingerprint density at radius 2 is 1.81 bits per heavy atom. The molecule has 144 valence electrons. The first-order valence-corrected chi connectivity index (χ1v) is 10.0. The molecule has 5 heteroatoms. The molecular weight excluding hydrogens is 326 g/mol. The van der Waals surface area contributed by atoms with Gasteiger partial charge in [0.1, 0.15) is 0 Å². The minimum absolute atomic E-state index is 0.0888. The van der Waals surface area contributed by atoms with Gasteiger partial charge in [-0.3, -0.25) is 9.69 Å². The molecule has 0 aliphatic carbocycles. The predicted molar refractivity (Wildman–Crippen MR) is 106 cm³/mol. The fourth-order valence-electron chi connectivity index (χ4n) is 4.07. The average molecular weight is 360 g/mol. The van der Waals surface area contributed by atoms with Crippen LogP contribution in [0.1, 0.15) is 61.6 Å². The number of hydrogen-bond acceptors (Lipinski definition) is 4. The Morgan fingerprint density at radius 1 is 1.08 bits per heavy atom. The van der Waals surface area contributed by atoms with E-state index < -0.39 is 6.10 Å². The molecule has 1 aromatic rings. The quantitative estimate of drug-likeness (QED) is 0.882. The second-order valence-electron chi connectivity index (χ2n) is 7.98. The Labute approximate surface area is 157 Å². The molecule has 0 spiro atoms. The van der Waals surface area contributed by atoms with Crippen LogP contribution in [0.2, 0.25) is 0 Å². The maximum atomic E-state index is 13.0. The molecule has 5 nitrogen and oxygen atoms in total. The monoisotopic (exact) mass is 359 g/mol. The van der Waals surface area contributed by atoms with Crippen molar-refractivity contribution in [2.75, 3.05) is 44.7 Å². The Morgan fingerprint density at radius 3 is 2.50 bits per heavy atom. The van der Waals surface area contributed by atoms with E-state index in [4.69, 9.17) is 0 Å². The average Bonchev–Trinajstić information content (AvgIpc) is 2.72. The van der Waals surface area contributed by atoms with Crippen molar-refractivity contribution in [2.24, 2.45) is 0 Å². The molecule has 1 N–H and O–H groups in total. The van der Waals surface area contributed by atoms with E-state index in [9.17, 15) is 9.90 Å². The molecule has 3 rings (SSSR count). The highest BCUT2D eigenvalue weighted by molar-refractivity contribution is 5.95. The van der Waals surface area contributed by atoms with Gasteiger partial charge in [0.05, 0.1) is 6.10 Å². The number of aliphatic hydroxyl groups excluding tert-OH is 1. The number of benzene rings is 1. The maximum Gasteiger partial charge on any atom is 0.253 e. The van der Waals surface area contributed by atoms with Crippen molar-refractivity contribution in [3.05, 3.63) is 29.3 Å². The summed E-state index contributed by atoms with van der Waals surface area (Å²) in [6, 6.07) is 6.40. The predicted octanol–water partition coefficient (Wildman–Crippen LogP) is 2.90. The summed E-state index contributed by atoms with van der Waals surface area (Å²) in [4.78, 5) is 19.6. The number of hydrogen-bond donors (Lipinski definition) is 1. The minimum atomic E-state index is -0.490. The third-order valence-corrected chi connectivity index (χ3v) is 5.85. The van der Waals surface area contributed by atoms with E-state index in [1.165, 1.54) is 0 Å². The Bertz CT molecular complexity index is 624. The van der Waals surface area contributed by atoms with E-state index in [1.54, 1.807) is 0 Å². The van der Waals surface area contributed by atoms with Gasteiger partial charge in [-0.05, 0) is 44.9 Å². The summed E-state index contributed by atoms with van der Waals surface area (Å²) in [6.45, 7) is 8.80. The molecule has 0 radical (unpaired) electrons. The molecule has 0 aromatic heterocycles. The lowest BCUT2D eigenvalue weighted by molar-refractivity contribution is 0.0595. The third-order valence-electron chi connectivity index (χ3n) is 5.85. The Kier molecular flexibility index (Phi) is 6.20. The standard InChI is InChI=1S/C21H33N3O2/c1-16(2)23-11-13-24(14-12-23)21(26)17-8-9-19-18(15-17)20(25)7-5-4-6-10-22(19)3/h8-9,15-16,20,25H,4-7,10-14H2,1-3H3. The number of anilines is 1. The molecule has 1 aromatic carbocycles. The fourth-order valence-corrected chi connectivity index (χ4v) is 4.07. The molecule has 1 fully saturated rings. The van der Waals surface area contributed by atoms with E-state index >= 15 is 0 Å². The molecule has 1 saturated heterocycles. The van der Waals surface area contributed by atoms with Crippen LogP contribution >= 0.6 is 0 Å². The van der Waals surface area contributed by atoms with Crippen molar-refractivity contribution in [3.8, 4) is 0 Å². The first kappa shape index (κ1) is 19.2. The van der Waals surface area contributed by atoms with E-state index in [0.717, 1.165) is 69.7 Å². The first-order chi connectivity index (χ1) is 12.5. The second kappa shape index (κ2) is 8.40. The van der Waals surface area contributed by atoms with Crippen LogP contribution in [0.15, 0.2) is 18.2 Å². The van der Waals surface area contributed by atoms with Crippen molar-refractivity contribution in [1.82, 2.24) is 9.80 Å². The number of nitrogens with zero attached hydrogens (tertiary/aromatic N) is 3. The highest BCUT2D eigenvalue weighted by Crippen LogP contribution is 2.32. The van der Waals surface area contributed by atoms with Gasteiger partial charge in [0.25, 0.3) is 5.91 Å². The minimum Gasteiger partial charge on any atom is -0.388 e. The van der Waals surface area contributed by atoms with Crippen molar-refractivity contribution >= 4 is 11.6 Å². The van der Waals surface area contributed by atoms with Crippen LogP contribution < -0.4 is 4.90 Å². The molecule has 1 unspecified atom stereocenters. The van der Waals surface area contributed by atoms with Gasteiger partial charge >= 0.3 is 0 Å². The smallest absolute Gasteiger partial charge is 0.253 e. The zero-order valence-electron chi connectivity index (χ0n) is 16.4. The van der Waals surface area contributed by atoms with Crippen LogP contribution in [0, 0.1) is 0 Å². The van der Waals surface area contributed by atoms with Gasteiger partial charge in [-0.1, -0.05) is 12.8 Å². The number of carbonyl (C=O) groups excluding carboxylic acids is 1. The summed E-state index contributed by atoms with van der Waals surface area (Å²) < 4.78 is 0. The highest BCUT2D eigenvalue weighted by Gasteiger charge is 2.25. The van der Waals surface area contributed by atoms with Gasteiger partial charge in [0, 0.05) is 62.6 Å². The summed E-state index contributed by atoms with van der Waals surface area (Å²) in [5, 5.41) is 10.7. The second-order valence-corrected chi connectivity index (χ2v) is 7.98. The number of rotatable bonds is 2. The van der Waals surface area contributed by atoms with E-state index in [-0.39, 0.29) is 5.91 Å². The maximum absolute atomic E-state index is 13.0. The summed E-state index contributed by atoms with van der Waals surface area (Å²) in [5.74, 6) is 0.0888. The lowest BCUT2D eigenvalue weighted by atomic mass is 9.99. The SMILES string of the molecule is CC(C)N1CCN(C(=O)c2ccc3c(c2)C(O)CCCCCN3C)CC1. The normalized spacial score (nSPS) is 22.6. The third kappa shape index (κ3) is 4.21. The topological polar surface area (TPSA) is 47.0 Å². The lowest BCUT2D eigenvalue weighted by Gasteiger charge is -2.37. The number of carbonyl (C=O) groups is 1. The van der Waals surface area contributed by atoms with Gasteiger partial charge in [-0.25, -0.2) is 0 Å². The van der Waals surface area contributed by atoms with E-state index in [0.29, 0.717) is 11.6 Å². The zero-order valence-corrected chi connectivity index (χ0v) is 16.4. The van der Waals surface area contributed by atoms with Crippen LogP contribution in [0.3, 0.4) is 0 Å². The Balaban J connectivity index is 1.78. The van der Waals surface area contributed by atoms with Crippen molar-refractivity contribution in [1.29, 1.82) is 0 Å². The summed E-state index contributed by atoms with van der Waals surface area (Å²) in [5.41, 5.74) is 2.66. The zero-order chi connectivity index (χ0) is 18.7. The number of amides is 1. The molecule has 2 aliphatic rings.